The van der Waals surface area contributed by atoms with Crippen molar-refractivity contribution in [1.82, 2.24) is 0 Å². The van der Waals surface area contributed by atoms with Gasteiger partial charge in [0.1, 0.15) is 0 Å². The molecule has 0 bridgehead atoms. The molecular weight excluding hydrogens is 240 g/mol. The summed E-state index contributed by atoms with van der Waals surface area (Å²) in [5.74, 6) is -1.23. The van der Waals surface area contributed by atoms with Gasteiger partial charge in [-0.15, -0.1) is 0 Å². The molecule has 0 saturated heterocycles. The van der Waals surface area contributed by atoms with Gasteiger partial charge in [0.15, 0.2) is 5.78 Å². The summed E-state index contributed by atoms with van der Waals surface area (Å²) in [5.41, 5.74) is 1.95. The van der Waals surface area contributed by atoms with Crippen LogP contribution in [0, 0.1) is 6.92 Å². The predicted molar refractivity (Wildman–Crippen MR) is 72.6 cm³/mol. The standard InChI is InChI=1S/C16H14O3/c1-11-6-5-9-13(16(18)19)15(11)14(17)10-12-7-3-2-4-8-12/h2-9H,10H2,1H3,(H,18,19). The predicted octanol–water partition coefficient (Wildman–Crippen LogP) is 3.12. The Bertz CT molecular complexity index is 615. The van der Waals surface area contributed by atoms with Crippen molar-refractivity contribution in [3.05, 3.63) is 70.8 Å². The van der Waals surface area contributed by atoms with Crippen LogP contribution in [0.1, 0.15) is 31.8 Å². The molecule has 2 aromatic carbocycles. The zero-order chi connectivity index (χ0) is 13.8. The molecule has 2 rings (SSSR count). The third-order valence-corrected chi connectivity index (χ3v) is 2.99. The molecule has 3 nitrogen and oxygen atoms in total. The van der Waals surface area contributed by atoms with Crippen LogP contribution in [-0.2, 0) is 6.42 Å². The number of carboxylic acid groups (broad SMARTS) is 1. The van der Waals surface area contributed by atoms with E-state index in [2.05, 4.69) is 0 Å². The van der Waals surface area contributed by atoms with Crippen LogP contribution in [0.3, 0.4) is 0 Å². The number of benzene rings is 2. The third kappa shape index (κ3) is 2.88. The lowest BCUT2D eigenvalue weighted by molar-refractivity contribution is 0.0691. The minimum absolute atomic E-state index is 0.0703. The Labute approximate surface area is 111 Å². The first kappa shape index (κ1) is 13.0. The van der Waals surface area contributed by atoms with Crippen LogP contribution in [0.4, 0.5) is 0 Å². The second kappa shape index (κ2) is 5.48. The van der Waals surface area contributed by atoms with E-state index < -0.39 is 5.97 Å². The van der Waals surface area contributed by atoms with E-state index >= 15 is 0 Å². The number of aromatic carboxylic acids is 1. The molecule has 1 N–H and O–H groups in total. The fourth-order valence-electron chi connectivity index (χ4n) is 2.09. The molecule has 0 unspecified atom stereocenters. The van der Waals surface area contributed by atoms with Crippen molar-refractivity contribution < 1.29 is 14.7 Å². The zero-order valence-electron chi connectivity index (χ0n) is 10.6. The Morgan fingerprint density at radius 2 is 1.68 bits per heavy atom. The smallest absolute Gasteiger partial charge is 0.336 e. The number of rotatable bonds is 4. The van der Waals surface area contributed by atoms with Gasteiger partial charge in [0, 0.05) is 12.0 Å². The van der Waals surface area contributed by atoms with Gasteiger partial charge in [-0.25, -0.2) is 4.79 Å². The van der Waals surface area contributed by atoms with Gasteiger partial charge in [0.05, 0.1) is 5.56 Å². The molecule has 0 heterocycles. The molecule has 0 fully saturated rings. The van der Waals surface area contributed by atoms with E-state index in [0.29, 0.717) is 11.1 Å². The number of aryl methyl sites for hydroxylation is 1. The molecule has 96 valence electrons. The fraction of sp³-hybridized carbons (Fsp3) is 0.125. The minimum Gasteiger partial charge on any atom is -0.478 e. The van der Waals surface area contributed by atoms with Crippen molar-refractivity contribution in [3.63, 3.8) is 0 Å². The van der Waals surface area contributed by atoms with Gasteiger partial charge in [0.25, 0.3) is 0 Å². The molecule has 0 saturated carbocycles. The van der Waals surface area contributed by atoms with Gasteiger partial charge in [0.2, 0.25) is 0 Å². The maximum Gasteiger partial charge on any atom is 0.336 e. The summed E-state index contributed by atoms with van der Waals surface area (Å²) in [6.45, 7) is 1.75. The molecule has 0 aliphatic rings. The highest BCUT2D eigenvalue weighted by Crippen LogP contribution is 2.17. The van der Waals surface area contributed by atoms with Crippen LogP contribution in [0.15, 0.2) is 48.5 Å². The van der Waals surface area contributed by atoms with Crippen molar-refractivity contribution in [2.45, 2.75) is 13.3 Å². The van der Waals surface area contributed by atoms with E-state index in [1.165, 1.54) is 6.07 Å². The lowest BCUT2D eigenvalue weighted by atomic mass is 9.94. The maximum atomic E-state index is 12.3. The quantitative estimate of drug-likeness (QED) is 0.853. The van der Waals surface area contributed by atoms with Gasteiger partial charge in [-0.3, -0.25) is 4.79 Å². The minimum atomic E-state index is -1.07. The number of carbonyl (C=O) groups excluding carboxylic acids is 1. The molecule has 0 aliphatic carbocycles. The van der Waals surface area contributed by atoms with Crippen LogP contribution in [0.2, 0.25) is 0 Å². The molecule has 0 aromatic heterocycles. The van der Waals surface area contributed by atoms with Gasteiger partial charge < -0.3 is 5.11 Å². The summed E-state index contributed by atoms with van der Waals surface area (Å²) in [7, 11) is 0. The molecule has 2 aromatic rings. The third-order valence-electron chi connectivity index (χ3n) is 2.99. The number of ketones is 1. The summed E-state index contributed by atoms with van der Waals surface area (Å²) in [4.78, 5) is 23.5. The Balaban J connectivity index is 2.36. The molecule has 0 spiro atoms. The average molecular weight is 254 g/mol. The summed E-state index contributed by atoms with van der Waals surface area (Å²) >= 11 is 0. The monoisotopic (exact) mass is 254 g/mol. The summed E-state index contributed by atoms with van der Waals surface area (Å²) in [5, 5.41) is 9.15. The number of hydrogen-bond acceptors (Lipinski definition) is 2. The van der Waals surface area contributed by atoms with Crippen LogP contribution in [-0.4, -0.2) is 16.9 Å². The van der Waals surface area contributed by atoms with Crippen molar-refractivity contribution in [2.24, 2.45) is 0 Å². The molecule has 0 atom stereocenters. The second-order valence-corrected chi connectivity index (χ2v) is 4.39. The highest BCUT2D eigenvalue weighted by molar-refractivity contribution is 6.07. The van der Waals surface area contributed by atoms with Gasteiger partial charge in [-0.1, -0.05) is 42.5 Å². The molecule has 19 heavy (non-hydrogen) atoms. The van der Waals surface area contributed by atoms with Crippen LogP contribution in [0.25, 0.3) is 0 Å². The van der Waals surface area contributed by atoms with Crippen molar-refractivity contribution in [3.8, 4) is 0 Å². The van der Waals surface area contributed by atoms with Crippen molar-refractivity contribution in [2.75, 3.05) is 0 Å². The van der Waals surface area contributed by atoms with E-state index in [4.69, 9.17) is 5.11 Å². The molecule has 0 amide bonds. The van der Waals surface area contributed by atoms with Crippen LogP contribution >= 0.6 is 0 Å². The van der Waals surface area contributed by atoms with E-state index in [1.54, 1.807) is 19.1 Å². The second-order valence-electron chi connectivity index (χ2n) is 4.39. The number of hydrogen-bond donors (Lipinski definition) is 1. The van der Waals surface area contributed by atoms with Gasteiger partial charge >= 0.3 is 5.97 Å². The molecule has 0 aliphatic heterocycles. The number of Topliss-reactive ketones (excluding diaryl/α,β-unsaturated/α-hetero) is 1. The van der Waals surface area contributed by atoms with Gasteiger partial charge in [-0.2, -0.15) is 0 Å². The zero-order valence-corrected chi connectivity index (χ0v) is 10.6. The first-order chi connectivity index (χ1) is 9.09. The Morgan fingerprint density at radius 1 is 1.00 bits per heavy atom. The molecular formula is C16H14O3. The molecule has 3 heteroatoms. The van der Waals surface area contributed by atoms with Crippen molar-refractivity contribution >= 4 is 11.8 Å². The highest BCUT2D eigenvalue weighted by Gasteiger charge is 2.18. The average Bonchev–Trinajstić information content (AvgIpc) is 2.39. The molecule has 0 radical (unpaired) electrons. The Kier molecular flexibility index (Phi) is 3.76. The first-order valence-electron chi connectivity index (χ1n) is 5.99. The van der Waals surface area contributed by atoms with E-state index in [9.17, 15) is 9.59 Å². The largest absolute Gasteiger partial charge is 0.478 e. The normalized spacial score (nSPS) is 10.2. The van der Waals surface area contributed by atoms with E-state index in [0.717, 1.165) is 5.56 Å². The van der Waals surface area contributed by atoms with Gasteiger partial charge in [-0.05, 0) is 24.1 Å². The SMILES string of the molecule is Cc1cccc(C(=O)O)c1C(=O)Cc1ccccc1. The summed E-state index contributed by atoms with van der Waals surface area (Å²) < 4.78 is 0. The highest BCUT2D eigenvalue weighted by atomic mass is 16.4. The first-order valence-corrected chi connectivity index (χ1v) is 5.99. The maximum absolute atomic E-state index is 12.3. The Hall–Kier alpha value is -2.42. The van der Waals surface area contributed by atoms with Crippen LogP contribution in [0.5, 0.6) is 0 Å². The van der Waals surface area contributed by atoms with E-state index in [-0.39, 0.29) is 17.8 Å². The topological polar surface area (TPSA) is 54.4 Å². The fourth-order valence-corrected chi connectivity index (χ4v) is 2.09. The van der Waals surface area contributed by atoms with Crippen molar-refractivity contribution in [1.29, 1.82) is 0 Å². The lowest BCUT2D eigenvalue weighted by Gasteiger charge is -2.08. The summed E-state index contributed by atoms with van der Waals surface area (Å²) in [6, 6.07) is 14.2. The summed E-state index contributed by atoms with van der Waals surface area (Å²) in [6.07, 6.45) is 0.214. The Morgan fingerprint density at radius 3 is 2.32 bits per heavy atom. The lowest BCUT2D eigenvalue weighted by Crippen LogP contribution is -2.12. The number of carbonyl (C=O) groups is 2. The van der Waals surface area contributed by atoms with Crippen LogP contribution < -0.4 is 0 Å². The number of carboxylic acids is 1. The van der Waals surface area contributed by atoms with E-state index in [1.807, 2.05) is 30.3 Å².